The molecule has 166 valence electrons. The summed E-state index contributed by atoms with van der Waals surface area (Å²) < 4.78 is 0. The molecule has 1 aliphatic carbocycles. The first-order chi connectivity index (χ1) is 14.8. The number of piperidine rings is 2. The summed E-state index contributed by atoms with van der Waals surface area (Å²) in [5, 5.41) is 0. The molecule has 0 amide bonds. The van der Waals surface area contributed by atoms with Gasteiger partial charge in [-0.15, -0.1) is 0 Å². The van der Waals surface area contributed by atoms with Crippen molar-refractivity contribution in [1.82, 2.24) is 9.80 Å². The third-order valence-corrected chi connectivity index (χ3v) is 9.07. The van der Waals surface area contributed by atoms with Crippen LogP contribution in [0.25, 0.3) is 0 Å². The Morgan fingerprint density at radius 3 is 2.57 bits per heavy atom. The van der Waals surface area contributed by atoms with Crippen molar-refractivity contribution in [3.8, 4) is 0 Å². The Hall–Kier alpha value is -0.860. The number of nitrogens with zero attached hydrogens (tertiary/aromatic N) is 2. The van der Waals surface area contributed by atoms with Crippen LogP contribution in [0.15, 0.2) is 36.0 Å². The first-order valence-electron chi connectivity index (χ1n) is 13.3. The second-order valence-corrected chi connectivity index (χ2v) is 11.1. The van der Waals surface area contributed by atoms with Crippen molar-refractivity contribution in [2.24, 2.45) is 17.3 Å². The molecule has 0 aromatic rings. The highest BCUT2D eigenvalue weighted by Gasteiger charge is 2.55. The maximum absolute atomic E-state index is 2.97. The first-order valence-corrected chi connectivity index (χ1v) is 13.3. The van der Waals surface area contributed by atoms with Gasteiger partial charge in [0.25, 0.3) is 0 Å². The summed E-state index contributed by atoms with van der Waals surface area (Å²) >= 11 is 0. The molecule has 5 aliphatic rings. The molecule has 2 nitrogen and oxygen atoms in total. The Morgan fingerprint density at radius 2 is 1.60 bits per heavy atom. The molecule has 4 heterocycles. The first kappa shape index (κ1) is 21.0. The zero-order valence-electron chi connectivity index (χ0n) is 19.2. The summed E-state index contributed by atoms with van der Waals surface area (Å²) in [6.07, 6.45) is 30.3. The predicted molar refractivity (Wildman–Crippen MR) is 128 cm³/mol. The topological polar surface area (TPSA) is 6.48 Å². The van der Waals surface area contributed by atoms with Crippen LogP contribution in [0.5, 0.6) is 0 Å². The number of allylic oxidation sites excluding steroid dienone is 5. The molecule has 1 saturated carbocycles. The highest BCUT2D eigenvalue weighted by Crippen LogP contribution is 2.55. The molecular formula is C28H44N2. The van der Waals surface area contributed by atoms with Gasteiger partial charge in [-0.25, -0.2) is 0 Å². The highest BCUT2D eigenvalue weighted by atomic mass is 15.2. The minimum absolute atomic E-state index is 0.543. The van der Waals surface area contributed by atoms with Gasteiger partial charge in [0.15, 0.2) is 0 Å². The van der Waals surface area contributed by atoms with Gasteiger partial charge in [-0.1, -0.05) is 48.8 Å². The number of rotatable bonds is 0. The Labute approximate surface area is 185 Å². The lowest BCUT2D eigenvalue weighted by Crippen LogP contribution is -2.66. The summed E-state index contributed by atoms with van der Waals surface area (Å²) in [6.45, 7) is 6.80. The SMILES string of the molecule is C1=CCCCCN2CC34CCC=CCCCCCCN(CC5CC(=CC1)C2CC53)C4. The van der Waals surface area contributed by atoms with Crippen LogP contribution in [0.2, 0.25) is 0 Å². The molecule has 2 heteroatoms. The lowest BCUT2D eigenvalue weighted by Gasteiger charge is -2.62. The molecule has 0 N–H and O–H groups in total. The molecule has 0 aromatic carbocycles. The Bertz CT molecular complexity index is 662. The van der Waals surface area contributed by atoms with Gasteiger partial charge < -0.3 is 4.90 Å². The van der Waals surface area contributed by atoms with Gasteiger partial charge in [0.05, 0.1) is 0 Å². The molecule has 0 radical (unpaired) electrons. The summed E-state index contributed by atoms with van der Waals surface area (Å²) in [7, 11) is 0. The zero-order chi connectivity index (χ0) is 20.2. The molecule has 5 rings (SSSR count). The molecule has 4 aliphatic heterocycles. The molecule has 1 spiro atoms. The van der Waals surface area contributed by atoms with Gasteiger partial charge in [0, 0.05) is 25.7 Å². The largest absolute Gasteiger partial charge is 0.302 e. The van der Waals surface area contributed by atoms with E-state index in [0.29, 0.717) is 5.41 Å². The fourth-order valence-corrected chi connectivity index (χ4v) is 7.67. The summed E-state index contributed by atoms with van der Waals surface area (Å²) in [5.74, 6) is 1.87. The van der Waals surface area contributed by atoms with Gasteiger partial charge in [0.2, 0.25) is 0 Å². The van der Waals surface area contributed by atoms with E-state index in [-0.39, 0.29) is 0 Å². The fraction of sp³-hybridized carbons (Fsp3) is 0.786. The van der Waals surface area contributed by atoms with Gasteiger partial charge in [0.1, 0.15) is 0 Å². The smallest absolute Gasteiger partial charge is 0.0310 e. The van der Waals surface area contributed by atoms with E-state index in [1.54, 1.807) is 5.57 Å². The highest BCUT2D eigenvalue weighted by molar-refractivity contribution is 5.23. The lowest BCUT2D eigenvalue weighted by atomic mass is 9.54. The molecular weight excluding hydrogens is 364 g/mol. The fourth-order valence-electron chi connectivity index (χ4n) is 7.67. The minimum atomic E-state index is 0.543. The van der Waals surface area contributed by atoms with Crippen LogP contribution in [0.4, 0.5) is 0 Å². The molecule has 4 bridgehead atoms. The van der Waals surface area contributed by atoms with E-state index in [0.717, 1.165) is 24.3 Å². The molecule has 5 unspecified atom stereocenters. The van der Waals surface area contributed by atoms with Crippen molar-refractivity contribution in [2.75, 3.05) is 32.7 Å². The summed E-state index contributed by atoms with van der Waals surface area (Å²) in [4.78, 5) is 5.89. The molecule has 3 fully saturated rings. The van der Waals surface area contributed by atoms with Crippen molar-refractivity contribution in [2.45, 2.75) is 89.5 Å². The maximum Gasteiger partial charge on any atom is 0.0310 e. The quantitative estimate of drug-likeness (QED) is 0.431. The molecule has 5 atom stereocenters. The van der Waals surface area contributed by atoms with Crippen LogP contribution in [-0.4, -0.2) is 48.6 Å². The van der Waals surface area contributed by atoms with Gasteiger partial charge >= 0.3 is 0 Å². The van der Waals surface area contributed by atoms with E-state index in [4.69, 9.17) is 0 Å². The van der Waals surface area contributed by atoms with Crippen LogP contribution in [0.1, 0.15) is 83.5 Å². The Balaban J connectivity index is 1.44. The Morgan fingerprint density at radius 1 is 0.800 bits per heavy atom. The van der Waals surface area contributed by atoms with Gasteiger partial charge in [-0.05, 0) is 101 Å². The second-order valence-electron chi connectivity index (χ2n) is 11.1. The molecule has 0 aromatic heterocycles. The van der Waals surface area contributed by atoms with Crippen molar-refractivity contribution in [3.63, 3.8) is 0 Å². The molecule has 2 saturated heterocycles. The zero-order valence-corrected chi connectivity index (χ0v) is 19.2. The third-order valence-electron chi connectivity index (χ3n) is 9.07. The van der Waals surface area contributed by atoms with Crippen molar-refractivity contribution >= 4 is 0 Å². The van der Waals surface area contributed by atoms with Crippen LogP contribution in [0.3, 0.4) is 0 Å². The van der Waals surface area contributed by atoms with Crippen molar-refractivity contribution in [3.05, 3.63) is 36.0 Å². The van der Waals surface area contributed by atoms with Crippen LogP contribution < -0.4 is 0 Å². The lowest BCUT2D eigenvalue weighted by molar-refractivity contribution is -0.108. The van der Waals surface area contributed by atoms with E-state index in [9.17, 15) is 0 Å². The Kier molecular flexibility index (Phi) is 6.82. The monoisotopic (exact) mass is 408 g/mol. The number of fused-ring (bicyclic) bond motifs is 1. The minimum Gasteiger partial charge on any atom is -0.302 e. The van der Waals surface area contributed by atoms with E-state index >= 15 is 0 Å². The van der Waals surface area contributed by atoms with Crippen LogP contribution in [-0.2, 0) is 0 Å². The standard InChI is InChI=1S/C28H44N2/c1-2-5-9-13-17-29-21-25-19-24-15-11-7-3-6-10-14-18-30-23-28(22-29,16-12-8-4-1)26(25)20-27(24)30/h3-4,7-8,15,25-27H,1-2,5-6,9-14,16-23H2. The van der Waals surface area contributed by atoms with E-state index < -0.39 is 0 Å². The van der Waals surface area contributed by atoms with E-state index in [1.807, 2.05) is 0 Å². The average Bonchev–Trinajstić information content (AvgIpc) is 2.78. The van der Waals surface area contributed by atoms with E-state index in [2.05, 4.69) is 40.2 Å². The average molecular weight is 409 g/mol. The van der Waals surface area contributed by atoms with E-state index in [1.165, 1.54) is 110 Å². The number of hydrogen-bond acceptors (Lipinski definition) is 2. The summed E-state index contributed by atoms with van der Waals surface area (Å²) in [5.41, 5.74) is 2.35. The van der Waals surface area contributed by atoms with Crippen LogP contribution in [0, 0.1) is 17.3 Å². The maximum atomic E-state index is 2.97. The van der Waals surface area contributed by atoms with Gasteiger partial charge in [-0.2, -0.15) is 0 Å². The second kappa shape index (κ2) is 9.74. The molecule has 30 heavy (non-hydrogen) atoms. The normalized spacial score (nSPS) is 40.9. The van der Waals surface area contributed by atoms with Gasteiger partial charge in [-0.3, -0.25) is 4.90 Å². The summed E-state index contributed by atoms with van der Waals surface area (Å²) in [6, 6.07) is 0.759. The van der Waals surface area contributed by atoms with Crippen LogP contribution >= 0.6 is 0 Å². The third kappa shape index (κ3) is 4.51. The number of hydrogen-bond donors (Lipinski definition) is 0. The van der Waals surface area contributed by atoms with Crippen molar-refractivity contribution in [1.29, 1.82) is 0 Å². The predicted octanol–water partition coefficient (Wildman–Crippen LogP) is 6.36. The van der Waals surface area contributed by atoms with Crippen molar-refractivity contribution < 1.29 is 0 Å².